The van der Waals surface area contributed by atoms with Gasteiger partial charge in [0.1, 0.15) is 5.75 Å². The number of rotatable bonds is 8. The monoisotopic (exact) mass is 568 g/mol. The number of nitrogens with one attached hydrogen (secondary N) is 4. The number of aryl methyl sites for hydroxylation is 1. The molecule has 0 bridgehead atoms. The largest absolute Gasteiger partial charge is 0.483 e. The van der Waals surface area contributed by atoms with E-state index in [4.69, 9.17) is 28.6 Å². The number of hydrogen-bond acceptors (Lipinski definition) is 5. The van der Waals surface area contributed by atoms with Crippen LogP contribution in [0, 0.1) is 6.92 Å². The number of para-hydroxylation sites is 1. The van der Waals surface area contributed by atoms with Crippen molar-refractivity contribution in [2.24, 2.45) is 0 Å². The molecule has 0 aliphatic rings. The predicted octanol–water partition coefficient (Wildman–Crippen LogP) is 4.35. The summed E-state index contributed by atoms with van der Waals surface area (Å²) >= 11 is 14.5. The molecule has 0 heterocycles. The molecule has 2 aromatic carbocycles. The average Bonchev–Trinajstić information content (AvgIpc) is 2.78. The van der Waals surface area contributed by atoms with Gasteiger partial charge in [-0.1, -0.05) is 53.5 Å². The molecule has 3 amide bonds. The van der Waals surface area contributed by atoms with E-state index in [-0.39, 0.29) is 36.4 Å². The summed E-state index contributed by atoms with van der Waals surface area (Å²) in [5, 5.41) is 5.36. The molecule has 0 aliphatic carbocycles. The van der Waals surface area contributed by atoms with Crippen LogP contribution in [0.5, 0.6) is 5.75 Å². The Morgan fingerprint density at radius 1 is 1.06 bits per heavy atom. The number of anilines is 1. The first-order valence-electron chi connectivity index (χ1n) is 10.4. The van der Waals surface area contributed by atoms with Crippen molar-refractivity contribution < 1.29 is 19.1 Å². The van der Waals surface area contributed by atoms with Crippen molar-refractivity contribution in [1.29, 1.82) is 0 Å². The molecular weight excluding hydrogens is 544 g/mol. The number of benzene rings is 2. The third-order valence-electron chi connectivity index (χ3n) is 4.57. The van der Waals surface area contributed by atoms with Gasteiger partial charge in [-0.15, -0.1) is 0 Å². The lowest BCUT2D eigenvalue weighted by Gasteiger charge is -2.16. The van der Waals surface area contributed by atoms with Crippen molar-refractivity contribution in [2.45, 2.75) is 39.5 Å². The van der Waals surface area contributed by atoms with Crippen LogP contribution in [0.1, 0.15) is 43.7 Å². The molecule has 2 rings (SSSR count). The molecule has 11 heteroatoms. The van der Waals surface area contributed by atoms with Crippen LogP contribution in [0.15, 0.2) is 40.9 Å². The third kappa shape index (κ3) is 8.92. The van der Waals surface area contributed by atoms with Gasteiger partial charge in [0.25, 0.3) is 5.91 Å². The first kappa shape index (κ1) is 27.6. The summed E-state index contributed by atoms with van der Waals surface area (Å²) in [5.74, 6) is -0.497. The Hall–Kier alpha value is -2.69. The van der Waals surface area contributed by atoms with Gasteiger partial charge in [0.15, 0.2) is 11.7 Å². The number of carbonyl (C=O) groups is 3. The number of ether oxygens (including phenoxy) is 1. The summed E-state index contributed by atoms with van der Waals surface area (Å²) in [4.78, 5) is 36.1. The molecule has 0 fully saturated rings. The summed E-state index contributed by atoms with van der Waals surface area (Å²) in [7, 11) is 0. The van der Waals surface area contributed by atoms with Crippen molar-refractivity contribution in [2.75, 3.05) is 11.9 Å². The molecule has 34 heavy (non-hydrogen) atoms. The smallest absolute Gasteiger partial charge is 0.264 e. The summed E-state index contributed by atoms with van der Waals surface area (Å²) in [5.41, 5.74) is 7.18. The molecule has 0 saturated heterocycles. The van der Waals surface area contributed by atoms with E-state index >= 15 is 0 Å². The standard InChI is InChI=1S/C23H26BrClN4O4S/c1-13(2)15-11-16(24)14(3)10-19(15)33-12-22(32)27-23(34)29-28-21(31)9-8-20(30)26-18-7-5-4-6-17(18)25/h4-7,10-11,13H,8-9,12H2,1-3H3,(H,26,30)(H,28,31)(H2,27,29,32,34). The lowest BCUT2D eigenvalue weighted by Crippen LogP contribution is -2.49. The maximum Gasteiger partial charge on any atom is 0.264 e. The molecule has 0 aliphatic heterocycles. The Balaban J connectivity index is 1.72. The maximum absolute atomic E-state index is 12.2. The number of hydrazine groups is 1. The number of thiocarbonyl (C=S) groups is 1. The van der Waals surface area contributed by atoms with Crippen molar-refractivity contribution in [1.82, 2.24) is 16.2 Å². The van der Waals surface area contributed by atoms with Crippen LogP contribution >= 0.6 is 39.7 Å². The highest BCUT2D eigenvalue weighted by Crippen LogP contribution is 2.32. The van der Waals surface area contributed by atoms with Gasteiger partial charge in [-0.2, -0.15) is 0 Å². The maximum atomic E-state index is 12.2. The normalized spacial score (nSPS) is 10.4. The fourth-order valence-electron chi connectivity index (χ4n) is 2.78. The predicted molar refractivity (Wildman–Crippen MR) is 140 cm³/mol. The van der Waals surface area contributed by atoms with E-state index in [2.05, 4.69) is 37.4 Å². The summed E-state index contributed by atoms with van der Waals surface area (Å²) in [6.07, 6.45) is -0.152. The van der Waals surface area contributed by atoms with E-state index in [1.54, 1.807) is 24.3 Å². The first-order chi connectivity index (χ1) is 16.1. The van der Waals surface area contributed by atoms with Crippen LogP contribution in [0.3, 0.4) is 0 Å². The molecule has 0 radical (unpaired) electrons. The SMILES string of the molecule is Cc1cc(OCC(=O)NC(=S)NNC(=O)CCC(=O)Nc2ccccc2Cl)c(C(C)C)cc1Br. The molecule has 182 valence electrons. The van der Waals surface area contributed by atoms with E-state index < -0.39 is 11.8 Å². The van der Waals surface area contributed by atoms with Gasteiger partial charge in [0.2, 0.25) is 11.8 Å². The van der Waals surface area contributed by atoms with Crippen molar-refractivity contribution in [3.05, 3.63) is 57.0 Å². The van der Waals surface area contributed by atoms with Gasteiger partial charge >= 0.3 is 0 Å². The molecular formula is C23H26BrClN4O4S. The zero-order chi connectivity index (χ0) is 25.3. The second-order valence-corrected chi connectivity index (χ2v) is 9.33. The second-order valence-electron chi connectivity index (χ2n) is 7.66. The number of hydrogen-bond donors (Lipinski definition) is 4. The van der Waals surface area contributed by atoms with E-state index in [9.17, 15) is 14.4 Å². The summed E-state index contributed by atoms with van der Waals surface area (Å²) < 4.78 is 6.65. The van der Waals surface area contributed by atoms with Crippen LogP contribution in [0.2, 0.25) is 5.02 Å². The summed E-state index contributed by atoms with van der Waals surface area (Å²) in [6.45, 7) is 5.75. The van der Waals surface area contributed by atoms with E-state index in [1.165, 1.54) is 0 Å². The highest BCUT2D eigenvalue weighted by atomic mass is 79.9. The molecule has 0 aromatic heterocycles. The van der Waals surface area contributed by atoms with E-state index in [0.717, 1.165) is 15.6 Å². The Labute approximate surface area is 217 Å². The lowest BCUT2D eigenvalue weighted by molar-refractivity contribution is -0.125. The van der Waals surface area contributed by atoms with Gasteiger partial charge in [-0.3, -0.25) is 30.6 Å². The van der Waals surface area contributed by atoms with Gasteiger partial charge < -0.3 is 10.1 Å². The lowest BCUT2D eigenvalue weighted by atomic mass is 10.0. The molecule has 0 spiro atoms. The minimum absolute atomic E-state index is 0.0590. The van der Waals surface area contributed by atoms with Crippen molar-refractivity contribution >= 4 is 68.3 Å². The fourth-order valence-corrected chi connectivity index (χ4v) is 3.48. The third-order valence-corrected chi connectivity index (χ3v) is 5.96. The fraction of sp³-hybridized carbons (Fsp3) is 0.304. The molecule has 2 aromatic rings. The summed E-state index contributed by atoms with van der Waals surface area (Å²) in [6, 6.07) is 10.6. The van der Waals surface area contributed by atoms with Crippen LogP contribution < -0.4 is 26.2 Å². The van der Waals surface area contributed by atoms with Gasteiger partial charge in [-0.05, 0) is 60.5 Å². The van der Waals surface area contributed by atoms with Crippen LogP contribution in [0.4, 0.5) is 5.69 Å². The highest BCUT2D eigenvalue weighted by Gasteiger charge is 2.14. The molecule has 0 unspecified atom stereocenters. The minimum Gasteiger partial charge on any atom is -0.483 e. The number of halogens is 2. The van der Waals surface area contributed by atoms with Crippen LogP contribution in [-0.4, -0.2) is 29.4 Å². The number of carbonyl (C=O) groups excluding carboxylic acids is 3. The Kier molecular flexibility index (Phi) is 10.7. The van der Waals surface area contributed by atoms with Crippen LogP contribution in [0.25, 0.3) is 0 Å². The topological polar surface area (TPSA) is 109 Å². The quantitative estimate of drug-likeness (QED) is 0.278. The van der Waals surface area contributed by atoms with E-state index in [1.807, 2.05) is 32.9 Å². The molecule has 0 atom stereocenters. The minimum atomic E-state index is -0.485. The van der Waals surface area contributed by atoms with Gasteiger partial charge in [0, 0.05) is 17.3 Å². The highest BCUT2D eigenvalue weighted by molar-refractivity contribution is 9.10. The number of amides is 3. The molecule has 0 saturated carbocycles. The molecule has 4 N–H and O–H groups in total. The van der Waals surface area contributed by atoms with Gasteiger partial charge in [0.05, 0.1) is 10.7 Å². The van der Waals surface area contributed by atoms with Crippen molar-refractivity contribution in [3.8, 4) is 5.75 Å². The second kappa shape index (κ2) is 13.3. The van der Waals surface area contributed by atoms with E-state index in [0.29, 0.717) is 16.5 Å². The van der Waals surface area contributed by atoms with Crippen molar-refractivity contribution in [3.63, 3.8) is 0 Å². The Morgan fingerprint density at radius 2 is 1.74 bits per heavy atom. The van der Waals surface area contributed by atoms with Crippen LogP contribution in [-0.2, 0) is 14.4 Å². The zero-order valence-corrected chi connectivity index (χ0v) is 22.1. The Bertz CT molecular complexity index is 1080. The zero-order valence-electron chi connectivity index (χ0n) is 19.0. The van der Waals surface area contributed by atoms with Gasteiger partial charge in [-0.25, -0.2) is 0 Å². The first-order valence-corrected chi connectivity index (χ1v) is 12.0. The Morgan fingerprint density at radius 3 is 2.41 bits per heavy atom. The molecule has 8 nitrogen and oxygen atoms in total. The average molecular weight is 570 g/mol.